The first-order chi connectivity index (χ1) is 23.2. The van der Waals surface area contributed by atoms with E-state index in [4.69, 9.17) is 9.72 Å². The molecule has 0 spiro atoms. The topological polar surface area (TPSA) is 97.9 Å². The van der Waals surface area contributed by atoms with Crippen LogP contribution in [0.25, 0.3) is 32.9 Å². The van der Waals surface area contributed by atoms with E-state index in [-0.39, 0.29) is 64.6 Å². The number of hydrogen-bond donors (Lipinski definition) is 1. The van der Waals surface area contributed by atoms with E-state index in [0.717, 1.165) is 38.8 Å². The summed E-state index contributed by atoms with van der Waals surface area (Å²) >= 11 is 0.645. The molecule has 4 aromatic rings. The fourth-order valence-corrected chi connectivity index (χ4v) is 9.97. The molecular formula is C34H33F3N7O3Tl. The van der Waals surface area contributed by atoms with Gasteiger partial charge in [0, 0.05) is 23.9 Å². The average molecular weight is 849 g/mol. The number of carbonyl (C=O) groups excluding carboxylic acids is 1. The van der Waals surface area contributed by atoms with Crippen molar-refractivity contribution in [3.63, 3.8) is 0 Å². The molecule has 6 atom stereocenters. The molecule has 0 aliphatic carbocycles. The number of nitrogens with zero attached hydrogens (tertiary/aromatic N) is 7. The molecule has 2 aromatic heterocycles. The normalized spacial score (nSPS) is 29.6. The molecule has 2 aromatic carbocycles. The number of hydrogen-bond acceptors (Lipinski definition) is 9. The quantitative estimate of drug-likeness (QED) is 0.230. The third-order valence-corrected chi connectivity index (χ3v) is 13.2. The monoisotopic (exact) mass is 849 g/mol. The summed E-state index contributed by atoms with van der Waals surface area (Å²) in [7, 11) is 0. The molecule has 5 fully saturated rings. The molecule has 1 amide bonds. The number of halogens is 3. The van der Waals surface area contributed by atoms with Gasteiger partial charge in [-0.2, -0.15) is 0 Å². The predicted molar refractivity (Wildman–Crippen MR) is 173 cm³/mol. The number of phenols is 1. The third-order valence-electron chi connectivity index (χ3n) is 11.0. The minimum atomic E-state index is -0.932. The number of aromatic nitrogens is 3. The molecular weight excluding hydrogens is 816 g/mol. The Balaban J connectivity index is 1.13. The Bertz CT molecular complexity index is 1970. The summed E-state index contributed by atoms with van der Waals surface area (Å²) in [5.41, 5.74) is -0.555. The number of aromatic hydroxyl groups is 1. The predicted octanol–water partition coefficient (Wildman–Crippen LogP) is 3.73. The molecule has 5 aliphatic heterocycles. The second-order valence-corrected chi connectivity index (χ2v) is 16.5. The van der Waals surface area contributed by atoms with Gasteiger partial charge in [0.2, 0.25) is 0 Å². The number of carbonyl (C=O) groups is 1. The molecule has 48 heavy (non-hydrogen) atoms. The number of rotatable bonds is 6. The SMILES string of the molecule is O=C([C@@H]1C[N]1[Tl])N1C2CCC1CN(c1nc(OC[C@@]34CCCN3C[C@H](F)C4)nc3c(F)c(-c4cc(O)cc5cccc(F)c45)ncc13)C2. The van der Waals surface area contributed by atoms with Crippen molar-refractivity contribution in [2.75, 3.05) is 44.2 Å². The molecule has 14 heteroatoms. The molecule has 246 valence electrons. The Labute approximate surface area is 291 Å². The summed E-state index contributed by atoms with van der Waals surface area (Å²) in [6.45, 7) is 3.24. The molecule has 2 bridgehead atoms. The van der Waals surface area contributed by atoms with Crippen LogP contribution in [0, 0.1) is 11.6 Å². The van der Waals surface area contributed by atoms with Gasteiger partial charge in [-0.1, -0.05) is 12.1 Å². The van der Waals surface area contributed by atoms with Gasteiger partial charge in [0.25, 0.3) is 0 Å². The van der Waals surface area contributed by atoms with E-state index in [1.165, 1.54) is 30.5 Å². The fourth-order valence-electron chi connectivity index (χ4n) is 8.70. The van der Waals surface area contributed by atoms with Gasteiger partial charge in [-0.15, -0.1) is 0 Å². The van der Waals surface area contributed by atoms with E-state index < -0.39 is 23.3 Å². The van der Waals surface area contributed by atoms with Crippen LogP contribution in [0.4, 0.5) is 19.0 Å². The average Bonchev–Trinajstić information content (AvgIpc) is 3.41. The van der Waals surface area contributed by atoms with Crippen LogP contribution in [0.2, 0.25) is 0 Å². The van der Waals surface area contributed by atoms with Crippen molar-refractivity contribution < 1.29 is 27.8 Å². The first kappa shape index (κ1) is 30.7. The molecule has 3 unspecified atom stereocenters. The molecule has 0 radical (unpaired) electrons. The Morgan fingerprint density at radius 3 is 2.67 bits per heavy atom. The van der Waals surface area contributed by atoms with E-state index in [9.17, 15) is 14.3 Å². The number of fused-ring (bicyclic) bond motifs is 5. The summed E-state index contributed by atoms with van der Waals surface area (Å²) in [4.78, 5) is 33.5. The van der Waals surface area contributed by atoms with Crippen molar-refractivity contribution in [3.05, 3.63) is 48.2 Å². The zero-order chi connectivity index (χ0) is 32.9. The van der Waals surface area contributed by atoms with Gasteiger partial charge >= 0.3 is 171 Å². The maximum absolute atomic E-state index is 16.8. The van der Waals surface area contributed by atoms with Crippen molar-refractivity contribution in [1.82, 2.24) is 27.5 Å². The second-order valence-electron chi connectivity index (χ2n) is 14.0. The molecule has 0 saturated carbocycles. The summed E-state index contributed by atoms with van der Waals surface area (Å²) < 4.78 is 55.0. The number of benzene rings is 2. The number of phenolic OH excluding ortho intramolecular Hbond substituents is 1. The molecule has 5 aliphatic rings. The first-order valence-corrected chi connectivity index (χ1v) is 18.6. The fraction of sp³-hybridized carbons (Fsp3) is 0.471. The molecule has 9 rings (SSSR count). The van der Waals surface area contributed by atoms with Gasteiger partial charge in [-0.25, -0.2) is 8.78 Å². The second kappa shape index (κ2) is 11.4. The summed E-state index contributed by atoms with van der Waals surface area (Å²) in [6.07, 6.45) is 4.43. The Morgan fingerprint density at radius 2 is 1.90 bits per heavy atom. The molecule has 10 nitrogen and oxygen atoms in total. The maximum atomic E-state index is 16.8. The number of pyridine rings is 1. The number of piperazine rings is 1. The van der Waals surface area contributed by atoms with Gasteiger partial charge < -0.3 is 5.11 Å². The Morgan fingerprint density at radius 1 is 1.10 bits per heavy atom. The van der Waals surface area contributed by atoms with E-state index in [1.807, 2.05) is 0 Å². The molecule has 7 heterocycles. The summed E-state index contributed by atoms with van der Waals surface area (Å²) in [5.74, 6) is -0.852. The molecule has 1 N–H and O–H groups in total. The number of amides is 1. The Kier molecular flexibility index (Phi) is 7.28. The van der Waals surface area contributed by atoms with Crippen LogP contribution >= 0.6 is 0 Å². The van der Waals surface area contributed by atoms with E-state index >= 15 is 8.78 Å². The summed E-state index contributed by atoms with van der Waals surface area (Å²) in [5, 5.41) is 11.4. The summed E-state index contributed by atoms with van der Waals surface area (Å²) in [6, 6.07) is 7.18. The van der Waals surface area contributed by atoms with Gasteiger partial charge in [0.1, 0.15) is 17.7 Å². The van der Waals surface area contributed by atoms with E-state index in [1.54, 1.807) is 6.07 Å². The molecule has 5 saturated heterocycles. The van der Waals surface area contributed by atoms with Crippen molar-refractivity contribution in [2.45, 2.75) is 61.9 Å². The number of ether oxygens (including phenoxy) is 1. The van der Waals surface area contributed by atoms with Crippen LogP contribution in [0.1, 0.15) is 32.1 Å². The van der Waals surface area contributed by atoms with Crippen molar-refractivity contribution in [2.24, 2.45) is 0 Å². The van der Waals surface area contributed by atoms with Crippen LogP contribution in [0.3, 0.4) is 0 Å². The van der Waals surface area contributed by atoms with Gasteiger partial charge in [-0.05, 0) is 43.0 Å². The standard InChI is InChI=1S/C34H33F3N7O3.Tl/c35-19-11-34(7-2-8-43(34)14-19)17-47-33-40-30-24(31(41-33)42-15-20-5-6-21(16-42)44(20)32(46)26-13-38-26)12-39-29(28(30)37)23-10-22(45)9-18-3-1-4-25(36)27(18)23;/h1,3-4,9-10,12,19-21,26,45H,2,5-8,11,13-17H2;/q-1;+1/t19-,20?,21?,26+,34+;/m1./s1. The van der Waals surface area contributed by atoms with Crippen LogP contribution in [0.15, 0.2) is 36.5 Å². The Hall–Kier alpha value is -3.31. The van der Waals surface area contributed by atoms with E-state index in [2.05, 4.69) is 27.4 Å². The van der Waals surface area contributed by atoms with Crippen LogP contribution < -0.4 is 9.64 Å². The zero-order valence-electron chi connectivity index (χ0n) is 26.2. The van der Waals surface area contributed by atoms with Gasteiger partial charge in [0.15, 0.2) is 0 Å². The van der Waals surface area contributed by atoms with E-state index in [0.29, 0.717) is 68.7 Å². The van der Waals surface area contributed by atoms with Gasteiger partial charge in [0.05, 0.1) is 5.54 Å². The first-order valence-electron chi connectivity index (χ1n) is 16.6. The third kappa shape index (κ3) is 4.93. The van der Waals surface area contributed by atoms with Gasteiger partial charge in [-0.3, -0.25) is 4.90 Å². The van der Waals surface area contributed by atoms with Crippen molar-refractivity contribution >= 4 is 59.5 Å². The van der Waals surface area contributed by atoms with Crippen molar-refractivity contribution in [3.8, 4) is 23.0 Å². The zero-order valence-corrected chi connectivity index (χ0v) is 30.6. The van der Waals surface area contributed by atoms with Crippen LogP contribution in [-0.2, 0) is 4.79 Å². The van der Waals surface area contributed by atoms with Crippen molar-refractivity contribution in [1.29, 1.82) is 0 Å². The minimum absolute atomic E-state index is 0.00799. The van der Waals surface area contributed by atoms with Crippen LogP contribution in [0.5, 0.6) is 11.8 Å². The number of anilines is 1. The number of alkyl halides is 1. The van der Waals surface area contributed by atoms with Crippen LogP contribution in [-0.4, -0.2) is 134 Å².